The molecule has 0 unspecified atom stereocenters. The average Bonchev–Trinajstić information content (AvgIpc) is 3.16. The van der Waals surface area contributed by atoms with Crippen LogP contribution in [0.4, 0.5) is 5.69 Å². The lowest BCUT2D eigenvalue weighted by molar-refractivity contribution is -0.125. The number of nitrogens with one attached hydrogen (secondary N) is 1. The van der Waals surface area contributed by atoms with Gasteiger partial charge in [-0.1, -0.05) is 25.0 Å². The smallest absolute Gasteiger partial charge is 0.227 e. The Morgan fingerprint density at radius 3 is 2.76 bits per heavy atom. The van der Waals surface area contributed by atoms with Crippen LogP contribution in [0.25, 0.3) is 0 Å². The number of carbonyl (C=O) groups excluding carboxylic acids is 2. The lowest BCUT2D eigenvalue weighted by Crippen LogP contribution is -2.29. The van der Waals surface area contributed by atoms with Crippen molar-refractivity contribution in [3.8, 4) is 0 Å². The van der Waals surface area contributed by atoms with Gasteiger partial charge in [-0.15, -0.1) is 0 Å². The van der Waals surface area contributed by atoms with Gasteiger partial charge in [-0.25, -0.2) is 0 Å². The van der Waals surface area contributed by atoms with E-state index in [0.29, 0.717) is 13.0 Å². The van der Waals surface area contributed by atoms with Gasteiger partial charge in [0.25, 0.3) is 0 Å². The Morgan fingerprint density at radius 2 is 2.05 bits per heavy atom. The fraction of sp³-hybridized carbons (Fsp3) is 0.529. The molecule has 0 aromatic heterocycles. The minimum Gasteiger partial charge on any atom is -0.352 e. The average molecular weight is 286 g/mol. The zero-order valence-electron chi connectivity index (χ0n) is 12.3. The Balaban J connectivity index is 1.60. The number of anilines is 1. The second kappa shape index (κ2) is 6.29. The summed E-state index contributed by atoms with van der Waals surface area (Å²) in [6, 6.07) is 7.93. The van der Waals surface area contributed by atoms with Crippen LogP contribution >= 0.6 is 0 Å². The maximum atomic E-state index is 12.0. The Kier molecular flexibility index (Phi) is 4.23. The molecule has 1 saturated heterocycles. The number of hydrogen-bond donors (Lipinski definition) is 1. The monoisotopic (exact) mass is 286 g/mol. The second-order valence-electron chi connectivity index (χ2n) is 6.02. The highest BCUT2D eigenvalue weighted by molar-refractivity contribution is 5.95. The summed E-state index contributed by atoms with van der Waals surface area (Å²) in [6.07, 6.45) is 5.96. The molecule has 0 spiro atoms. The number of rotatable bonds is 4. The molecule has 0 radical (unpaired) electrons. The summed E-state index contributed by atoms with van der Waals surface area (Å²) in [4.78, 5) is 25.7. The highest BCUT2D eigenvalue weighted by Gasteiger charge is 2.23. The molecule has 0 bridgehead atoms. The molecule has 0 atom stereocenters. The number of carbonyl (C=O) groups is 2. The summed E-state index contributed by atoms with van der Waals surface area (Å²) in [5.41, 5.74) is 2.00. The van der Waals surface area contributed by atoms with E-state index in [1.165, 1.54) is 12.8 Å². The van der Waals surface area contributed by atoms with Crippen LogP contribution in [0.5, 0.6) is 0 Å². The molecule has 2 amide bonds. The number of nitrogens with zero attached hydrogens (tertiary/aromatic N) is 1. The first-order valence-electron chi connectivity index (χ1n) is 7.91. The van der Waals surface area contributed by atoms with Gasteiger partial charge in [0.1, 0.15) is 0 Å². The predicted octanol–water partition coefficient (Wildman–Crippen LogP) is 2.62. The van der Waals surface area contributed by atoms with Gasteiger partial charge in [0.05, 0.1) is 0 Å². The van der Waals surface area contributed by atoms with Gasteiger partial charge < -0.3 is 10.2 Å². The van der Waals surface area contributed by atoms with Crippen molar-refractivity contribution in [2.24, 2.45) is 5.92 Å². The quantitative estimate of drug-likeness (QED) is 0.925. The van der Waals surface area contributed by atoms with Crippen LogP contribution in [-0.4, -0.2) is 18.4 Å². The van der Waals surface area contributed by atoms with E-state index in [-0.39, 0.29) is 17.7 Å². The third-order valence-corrected chi connectivity index (χ3v) is 4.49. The first-order valence-corrected chi connectivity index (χ1v) is 7.91. The number of amides is 2. The van der Waals surface area contributed by atoms with Crippen molar-refractivity contribution < 1.29 is 9.59 Å². The van der Waals surface area contributed by atoms with Gasteiger partial charge >= 0.3 is 0 Å². The summed E-state index contributed by atoms with van der Waals surface area (Å²) in [7, 11) is 0. The van der Waals surface area contributed by atoms with Crippen molar-refractivity contribution in [1.29, 1.82) is 0 Å². The molecule has 1 aliphatic heterocycles. The summed E-state index contributed by atoms with van der Waals surface area (Å²) in [5.74, 6) is 0.575. The molecule has 112 valence electrons. The molecular weight excluding hydrogens is 264 g/mol. The van der Waals surface area contributed by atoms with Gasteiger partial charge in [0.2, 0.25) is 11.8 Å². The van der Waals surface area contributed by atoms with E-state index < -0.39 is 0 Å². The minimum atomic E-state index is 0.176. The fourth-order valence-corrected chi connectivity index (χ4v) is 3.28. The van der Waals surface area contributed by atoms with Crippen molar-refractivity contribution in [1.82, 2.24) is 5.32 Å². The normalized spacial score (nSPS) is 19.2. The van der Waals surface area contributed by atoms with Crippen molar-refractivity contribution >= 4 is 17.5 Å². The van der Waals surface area contributed by atoms with Crippen LogP contribution in [0, 0.1) is 5.92 Å². The Morgan fingerprint density at radius 1 is 1.24 bits per heavy atom. The zero-order valence-corrected chi connectivity index (χ0v) is 12.3. The molecule has 1 aliphatic carbocycles. The number of hydrogen-bond acceptors (Lipinski definition) is 2. The van der Waals surface area contributed by atoms with Crippen LogP contribution < -0.4 is 10.2 Å². The van der Waals surface area contributed by atoms with Crippen molar-refractivity contribution in [2.75, 3.05) is 11.4 Å². The third kappa shape index (κ3) is 3.26. The third-order valence-electron chi connectivity index (χ3n) is 4.49. The Bertz CT molecular complexity index is 535. The van der Waals surface area contributed by atoms with E-state index >= 15 is 0 Å². The molecule has 3 rings (SSSR count). The first kappa shape index (κ1) is 14.1. The molecular formula is C17H22N2O2. The van der Waals surface area contributed by atoms with Gasteiger partial charge in [-0.05, 0) is 37.0 Å². The number of benzene rings is 1. The highest BCUT2D eigenvalue weighted by atomic mass is 16.2. The Hall–Kier alpha value is -1.84. The van der Waals surface area contributed by atoms with Gasteiger partial charge in [-0.2, -0.15) is 0 Å². The maximum Gasteiger partial charge on any atom is 0.227 e. The van der Waals surface area contributed by atoms with E-state index in [1.807, 2.05) is 29.2 Å². The van der Waals surface area contributed by atoms with Crippen molar-refractivity contribution in [3.05, 3.63) is 29.8 Å². The lowest BCUT2D eigenvalue weighted by atomic mass is 10.1. The van der Waals surface area contributed by atoms with Crippen LogP contribution in [-0.2, 0) is 16.1 Å². The molecule has 1 saturated carbocycles. The molecule has 1 aromatic carbocycles. The summed E-state index contributed by atoms with van der Waals surface area (Å²) >= 11 is 0. The second-order valence-corrected chi connectivity index (χ2v) is 6.02. The lowest BCUT2D eigenvalue weighted by Gasteiger charge is -2.17. The van der Waals surface area contributed by atoms with Crippen LogP contribution in [0.2, 0.25) is 0 Å². The first-order chi connectivity index (χ1) is 10.2. The van der Waals surface area contributed by atoms with Gasteiger partial charge in [-0.3, -0.25) is 9.59 Å². The van der Waals surface area contributed by atoms with Gasteiger partial charge in [0.15, 0.2) is 0 Å². The largest absolute Gasteiger partial charge is 0.352 e. The summed E-state index contributed by atoms with van der Waals surface area (Å²) < 4.78 is 0. The molecule has 1 aromatic rings. The van der Waals surface area contributed by atoms with Crippen LogP contribution in [0.3, 0.4) is 0 Å². The fourth-order valence-electron chi connectivity index (χ4n) is 3.28. The Labute approximate surface area is 125 Å². The molecule has 4 heteroatoms. The van der Waals surface area contributed by atoms with Crippen LogP contribution in [0.1, 0.15) is 44.1 Å². The highest BCUT2D eigenvalue weighted by Crippen LogP contribution is 2.25. The zero-order chi connectivity index (χ0) is 14.7. The maximum absolute atomic E-state index is 12.0. The predicted molar refractivity (Wildman–Crippen MR) is 81.8 cm³/mol. The molecule has 4 nitrogen and oxygen atoms in total. The van der Waals surface area contributed by atoms with E-state index in [0.717, 1.165) is 37.1 Å². The van der Waals surface area contributed by atoms with Crippen molar-refractivity contribution in [2.45, 2.75) is 45.1 Å². The van der Waals surface area contributed by atoms with Gasteiger partial charge in [0, 0.05) is 31.1 Å². The molecule has 2 fully saturated rings. The molecule has 21 heavy (non-hydrogen) atoms. The molecule has 2 aliphatic rings. The van der Waals surface area contributed by atoms with E-state index in [9.17, 15) is 9.59 Å². The van der Waals surface area contributed by atoms with Crippen molar-refractivity contribution in [3.63, 3.8) is 0 Å². The SMILES string of the molecule is O=C(NCc1cccc(N2CCCC2=O)c1)C1CCCC1. The minimum absolute atomic E-state index is 0.176. The molecule has 1 heterocycles. The van der Waals surface area contributed by atoms with E-state index in [4.69, 9.17) is 0 Å². The summed E-state index contributed by atoms with van der Waals surface area (Å²) in [6.45, 7) is 1.35. The summed E-state index contributed by atoms with van der Waals surface area (Å²) in [5, 5.41) is 3.03. The standard InChI is InChI=1S/C17H22N2O2/c20-16-9-4-10-19(16)15-8-3-5-13(11-15)12-18-17(21)14-6-1-2-7-14/h3,5,8,11,14H,1-2,4,6-7,9-10,12H2,(H,18,21). The van der Waals surface area contributed by atoms with E-state index in [2.05, 4.69) is 5.32 Å². The molecule has 1 N–H and O–H groups in total. The van der Waals surface area contributed by atoms with E-state index in [1.54, 1.807) is 0 Å². The topological polar surface area (TPSA) is 49.4 Å². The van der Waals surface area contributed by atoms with Crippen LogP contribution in [0.15, 0.2) is 24.3 Å².